The van der Waals surface area contributed by atoms with Crippen molar-refractivity contribution in [1.29, 1.82) is 0 Å². The first kappa shape index (κ1) is 14.6. The molecule has 8 heteroatoms. The Morgan fingerprint density at radius 3 is 2.95 bits per heavy atom. The van der Waals surface area contributed by atoms with Crippen LogP contribution < -0.4 is 10.1 Å². The Labute approximate surface area is 126 Å². The second-order valence-electron chi connectivity index (χ2n) is 3.91. The summed E-state index contributed by atoms with van der Waals surface area (Å²) < 4.78 is 6.86. The van der Waals surface area contributed by atoms with E-state index in [-0.39, 0.29) is 0 Å². The number of rotatable bonds is 6. The standard InChI is InChI=1S/C12H13Cl2N5O/c1-3-4-19-12(16-17-18-19)15-7-8-5-9(13)6-10(14)11(8)20-2/h3,5-6H,1,4,7H2,2H3,(H,15,16,18). The van der Waals surface area contributed by atoms with Crippen LogP contribution in [0.15, 0.2) is 24.8 Å². The fraction of sp³-hybridized carbons (Fsp3) is 0.250. The topological polar surface area (TPSA) is 64.9 Å². The third-order valence-electron chi connectivity index (χ3n) is 2.56. The van der Waals surface area contributed by atoms with Gasteiger partial charge in [-0.15, -0.1) is 6.58 Å². The minimum absolute atomic E-state index is 0.432. The van der Waals surface area contributed by atoms with E-state index < -0.39 is 0 Å². The van der Waals surface area contributed by atoms with Crippen molar-refractivity contribution in [3.8, 4) is 5.75 Å². The summed E-state index contributed by atoms with van der Waals surface area (Å²) in [6.07, 6.45) is 1.71. The highest BCUT2D eigenvalue weighted by Crippen LogP contribution is 2.32. The molecule has 0 aliphatic carbocycles. The quantitative estimate of drug-likeness (QED) is 0.831. The van der Waals surface area contributed by atoms with Gasteiger partial charge in [0.25, 0.3) is 0 Å². The number of hydrogen-bond donors (Lipinski definition) is 1. The van der Waals surface area contributed by atoms with Gasteiger partial charge in [-0.3, -0.25) is 0 Å². The molecule has 0 amide bonds. The smallest absolute Gasteiger partial charge is 0.243 e. The molecule has 1 heterocycles. The van der Waals surface area contributed by atoms with E-state index in [1.807, 2.05) is 0 Å². The lowest BCUT2D eigenvalue weighted by molar-refractivity contribution is 0.410. The molecular weight excluding hydrogens is 301 g/mol. The summed E-state index contributed by atoms with van der Waals surface area (Å²) >= 11 is 12.1. The summed E-state index contributed by atoms with van der Waals surface area (Å²) in [5.74, 6) is 1.11. The first-order valence-corrected chi connectivity index (χ1v) is 6.54. The highest BCUT2D eigenvalue weighted by atomic mass is 35.5. The molecule has 20 heavy (non-hydrogen) atoms. The Kier molecular flexibility index (Phi) is 4.81. The zero-order valence-electron chi connectivity index (χ0n) is 10.8. The van der Waals surface area contributed by atoms with Crippen molar-refractivity contribution in [1.82, 2.24) is 20.2 Å². The van der Waals surface area contributed by atoms with Crippen LogP contribution >= 0.6 is 23.2 Å². The van der Waals surface area contributed by atoms with Gasteiger partial charge < -0.3 is 10.1 Å². The maximum Gasteiger partial charge on any atom is 0.243 e. The van der Waals surface area contributed by atoms with Crippen LogP contribution in [0.1, 0.15) is 5.56 Å². The maximum absolute atomic E-state index is 6.08. The number of nitrogens with one attached hydrogen (secondary N) is 1. The zero-order valence-corrected chi connectivity index (χ0v) is 12.3. The molecule has 0 atom stereocenters. The molecule has 1 N–H and O–H groups in total. The highest BCUT2D eigenvalue weighted by Gasteiger charge is 2.11. The van der Waals surface area contributed by atoms with Crippen molar-refractivity contribution in [3.05, 3.63) is 40.4 Å². The number of halogens is 2. The van der Waals surface area contributed by atoms with Crippen molar-refractivity contribution < 1.29 is 4.74 Å². The van der Waals surface area contributed by atoms with E-state index in [2.05, 4.69) is 27.4 Å². The maximum atomic E-state index is 6.08. The molecule has 0 spiro atoms. The number of benzene rings is 1. The third-order valence-corrected chi connectivity index (χ3v) is 3.06. The van der Waals surface area contributed by atoms with Crippen LogP contribution in [-0.4, -0.2) is 27.3 Å². The summed E-state index contributed by atoms with van der Waals surface area (Å²) in [6.45, 7) is 4.59. The molecule has 2 aromatic rings. The van der Waals surface area contributed by atoms with Crippen LogP contribution in [0.5, 0.6) is 5.75 Å². The van der Waals surface area contributed by atoms with E-state index in [0.717, 1.165) is 5.56 Å². The van der Waals surface area contributed by atoms with E-state index in [9.17, 15) is 0 Å². The average Bonchev–Trinajstić information content (AvgIpc) is 2.84. The molecule has 0 saturated heterocycles. The van der Waals surface area contributed by atoms with E-state index >= 15 is 0 Å². The molecule has 2 rings (SSSR count). The second-order valence-corrected chi connectivity index (χ2v) is 4.75. The Balaban J connectivity index is 2.18. The lowest BCUT2D eigenvalue weighted by Gasteiger charge is -2.12. The van der Waals surface area contributed by atoms with E-state index in [4.69, 9.17) is 27.9 Å². The molecule has 0 unspecified atom stereocenters. The molecule has 0 radical (unpaired) electrons. The van der Waals surface area contributed by atoms with E-state index in [1.165, 1.54) is 0 Å². The molecule has 0 saturated carbocycles. The van der Waals surface area contributed by atoms with Gasteiger partial charge in [-0.1, -0.05) is 34.4 Å². The summed E-state index contributed by atoms with van der Waals surface area (Å²) in [5.41, 5.74) is 0.818. The van der Waals surface area contributed by atoms with Gasteiger partial charge in [0.2, 0.25) is 5.95 Å². The summed E-state index contributed by atoms with van der Waals surface area (Å²) in [5, 5.41) is 15.4. The van der Waals surface area contributed by atoms with Crippen LogP contribution in [0.2, 0.25) is 10.0 Å². The van der Waals surface area contributed by atoms with Crippen LogP contribution in [0.4, 0.5) is 5.95 Å². The molecule has 106 valence electrons. The highest BCUT2D eigenvalue weighted by molar-refractivity contribution is 6.35. The number of tetrazole rings is 1. The number of nitrogens with zero attached hydrogens (tertiary/aromatic N) is 4. The van der Waals surface area contributed by atoms with Crippen LogP contribution in [0.3, 0.4) is 0 Å². The van der Waals surface area contributed by atoms with E-state index in [0.29, 0.717) is 34.8 Å². The fourth-order valence-corrected chi connectivity index (χ4v) is 2.34. The number of hydrogen-bond acceptors (Lipinski definition) is 5. The van der Waals surface area contributed by atoms with Gasteiger partial charge in [0, 0.05) is 17.1 Å². The Hall–Kier alpha value is -1.79. The molecule has 0 aliphatic rings. The first-order chi connectivity index (χ1) is 9.65. The van der Waals surface area contributed by atoms with Crippen LogP contribution in [0.25, 0.3) is 0 Å². The molecule has 0 aliphatic heterocycles. The molecular formula is C12H13Cl2N5O. The lowest BCUT2D eigenvalue weighted by Crippen LogP contribution is -2.09. The summed E-state index contributed by atoms with van der Waals surface area (Å²) in [4.78, 5) is 0. The normalized spacial score (nSPS) is 10.3. The largest absolute Gasteiger partial charge is 0.495 e. The van der Waals surface area contributed by atoms with Gasteiger partial charge in [-0.25, -0.2) is 4.68 Å². The molecule has 1 aromatic heterocycles. The molecule has 6 nitrogen and oxygen atoms in total. The van der Waals surface area contributed by atoms with Crippen molar-refractivity contribution in [2.45, 2.75) is 13.1 Å². The SMILES string of the molecule is C=CCn1nnnc1NCc1cc(Cl)cc(Cl)c1OC. The third kappa shape index (κ3) is 3.20. The average molecular weight is 314 g/mol. The Bertz CT molecular complexity index is 614. The monoisotopic (exact) mass is 313 g/mol. The number of anilines is 1. The predicted molar refractivity (Wildman–Crippen MR) is 78.4 cm³/mol. The second kappa shape index (κ2) is 6.58. The van der Waals surface area contributed by atoms with Gasteiger partial charge >= 0.3 is 0 Å². The van der Waals surface area contributed by atoms with Crippen LogP contribution in [0, 0.1) is 0 Å². The van der Waals surface area contributed by atoms with Gasteiger partial charge in [-0.05, 0) is 22.6 Å². The fourth-order valence-electron chi connectivity index (χ4n) is 1.72. The summed E-state index contributed by atoms with van der Waals surface area (Å²) in [6, 6.07) is 3.41. The van der Waals surface area contributed by atoms with Crippen molar-refractivity contribution in [3.63, 3.8) is 0 Å². The molecule has 0 bridgehead atoms. The number of allylic oxidation sites excluding steroid dienone is 1. The van der Waals surface area contributed by atoms with Crippen LogP contribution in [-0.2, 0) is 13.1 Å². The first-order valence-electron chi connectivity index (χ1n) is 5.78. The van der Waals surface area contributed by atoms with Crippen molar-refractivity contribution >= 4 is 29.2 Å². The minimum atomic E-state index is 0.432. The lowest BCUT2D eigenvalue weighted by atomic mass is 10.2. The van der Waals surface area contributed by atoms with Crippen molar-refractivity contribution in [2.75, 3.05) is 12.4 Å². The Morgan fingerprint density at radius 2 is 2.25 bits per heavy atom. The summed E-state index contributed by atoms with van der Waals surface area (Å²) in [7, 11) is 1.56. The van der Waals surface area contributed by atoms with Gasteiger partial charge in [0.15, 0.2) is 0 Å². The zero-order chi connectivity index (χ0) is 14.5. The van der Waals surface area contributed by atoms with Crippen molar-refractivity contribution in [2.24, 2.45) is 0 Å². The number of aromatic nitrogens is 4. The number of ether oxygens (including phenoxy) is 1. The van der Waals surface area contributed by atoms with Gasteiger partial charge in [0.1, 0.15) is 5.75 Å². The molecule has 1 aromatic carbocycles. The Morgan fingerprint density at radius 1 is 1.45 bits per heavy atom. The minimum Gasteiger partial charge on any atom is -0.495 e. The predicted octanol–water partition coefficient (Wildman–Crippen LogP) is 2.79. The van der Waals surface area contributed by atoms with Gasteiger partial charge in [-0.2, -0.15) is 0 Å². The molecule has 0 fully saturated rings. The van der Waals surface area contributed by atoms with E-state index in [1.54, 1.807) is 30.0 Å². The van der Waals surface area contributed by atoms with Gasteiger partial charge in [0.05, 0.1) is 18.7 Å². The number of methoxy groups -OCH3 is 1.